The SMILES string of the molecule is CCNC(=O)N1CC(S(=O)(=O)Cc2ccco2)C1. The summed E-state index contributed by atoms with van der Waals surface area (Å²) in [4.78, 5) is 12.9. The molecule has 0 bridgehead atoms. The van der Waals surface area contributed by atoms with Crippen LogP contribution >= 0.6 is 0 Å². The fraction of sp³-hybridized carbons (Fsp3) is 0.545. The second-order valence-corrected chi connectivity index (χ2v) is 6.53. The topological polar surface area (TPSA) is 79.6 Å². The van der Waals surface area contributed by atoms with Crippen LogP contribution in [0.15, 0.2) is 22.8 Å². The smallest absolute Gasteiger partial charge is 0.317 e. The Morgan fingerprint density at radius 3 is 2.83 bits per heavy atom. The third-order valence-corrected chi connectivity index (χ3v) is 4.90. The number of furan rings is 1. The van der Waals surface area contributed by atoms with Crippen LogP contribution in [-0.4, -0.2) is 44.2 Å². The molecule has 1 saturated heterocycles. The van der Waals surface area contributed by atoms with Gasteiger partial charge in [-0.1, -0.05) is 0 Å². The molecule has 0 unspecified atom stereocenters. The first-order valence-corrected chi connectivity index (χ1v) is 7.51. The first kappa shape index (κ1) is 12.9. The minimum atomic E-state index is -3.24. The fourth-order valence-electron chi connectivity index (χ4n) is 1.80. The van der Waals surface area contributed by atoms with E-state index in [1.165, 1.54) is 11.2 Å². The van der Waals surface area contributed by atoms with Crippen molar-refractivity contribution in [2.45, 2.75) is 17.9 Å². The average Bonchev–Trinajstić information content (AvgIpc) is 2.66. The molecule has 100 valence electrons. The molecule has 0 spiro atoms. The van der Waals surface area contributed by atoms with Gasteiger partial charge in [0, 0.05) is 19.6 Å². The summed E-state index contributed by atoms with van der Waals surface area (Å²) in [5, 5.41) is 2.16. The molecule has 1 aliphatic heterocycles. The van der Waals surface area contributed by atoms with E-state index < -0.39 is 15.1 Å². The largest absolute Gasteiger partial charge is 0.468 e. The maximum absolute atomic E-state index is 12.0. The van der Waals surface area contributed by atoms with Gasteiger partial charge in [-0.15, -0.1) is 0 Å². The summed E-state index contributed by atoms with van der Waals surface area (Å²) in [5.41, 5.74) is 0. The molecule has 6 nitrogen and oxygen atoms in total. The zero-order chi connectivity index (χ0) is 13.2. The minimum absolute atomic E-state index is 0.103. The quantitative estimate of drug-likeness (QED) is 0.871. The Labute approximate surface area is 106 Å². The summed E-state index contributed by atoms with van der Waals surface area (Å²) in [6.07, 6.45) is 1.45. The van der Waals surface area contributed by atoms with Crippen LogP contribution in [0.25, 0.3) is 0 Å². The van der Waals surface area contributed by atoms with Crippen LogP contribution < -0.4 is 5.32 Å². The number of rotatable bonds is 4. The second-order valence-electron chi connectivity index (χ2n) is 4.25. The number of carbonyl (C=O) groups excluding carboxylic acids is 1. The normalized spacial score (nSPS) is 16.4. The number of hydrogen-bond acceptors (Lipinski definition) is 4. The lowest BCUT2D eigenvalue weighted by Crippen LogP contribution is -2.59. The molecule has 0 aliphatic carbocycles. The van der Waals surface area contributed by atoms with E-state index in [2.05, 4.69) is 5.32 Å². The predicted molar refractivity (Wildman–Crippen MR) is 65.8 cm³/mol. The zero-order valence-electron chi connectivity index (χ0n) is 10.1. The van der Waals surface area contributed by atoms with Crippen molar-refractivity contribution in [1.29, 1.82) is 0 Å². The Kier molecular flexibility index (Phi) is 3.60. The summed E-state index contributed by atoms with van der Waals surface area (Å²) < 4.78 is 29.0. The lowest BCUT2D eigenvalue weighted by atomic mass is 10.2. The van der Waals surface area contributed by atoms with Crippen molar-refractivity contribution in [2.24, 2.45) is 0 Å². The molecule has 1 aliphatic rings. The number of hydrogen-bond donors (Lipinski definition) is 1. The molecule has 2 amide bonds. The van der Waals surface area contributed by atoms with E-state index in [4.69, 9.17) is 4.42 Å². The lowest BCUT2D eigenvalue weighted by Gasteiger charge is -2.38. The van der Waals surface area contributed by atoms with Crippen molar-refractivity contribution < 1.29 is 17.6 Å². The number of amides is 2. The van der Waals surface area contributed by atoms with E-state index >= 15 is 0 Å². The summed E-state index contributed by atoms with van der Waals surface area (Å²) in [5.74, 6) is 0.333. The number of carbonyl (C=O) groups is 1. The summed E-state index contributed by atoms with van der Waals surface area (Å²) in [6, 6.07) is 3.09. The third-order valence-electron chi connectivity index (χ3n) is 2.89. The highest BCUT2D eigenvalue weighted by Crippen LogP contribution is 2.20. The minimum Gasteiger partial charge on any atom is -0.468 e. The van der Waals surface area contributed by atoms with E-state index in [-0.39, 0.29) is 24.9 Å². The van der Waals surface area contributed by atoms with Crippen molar-refractivity contribution in [1.82, 2.24) is 10.2 Å². The number of sulfone groups is 1. The molecule has 1 N–H and O–H groups in total. The molecular formula is C11H16N2O4S. The van der Waals surface area contributed by atoms with Gasteiger partial charge in [0.1, 0.15) is 11.5 Å². The molecule has 1 aromatic heterocycles. The maximum Gasteiger partial charge on any atom is 0.317 e. The fourth-order valence-corrected chi connectivity index (χ4v) is 3.42. The second kappa shape index (κ2) is 5.01. The highest BCUT2D eigenvalue weighted by molar-refractivity contribution is 7.91. The highest BCUT2D eigenvalue weighted by Gasteiger charge is 2.39. The number of urea groups is 1. The molecule has 2 rings (SSSR count). The van der Waals surface area contributed by atoms with Gasteiger partial charge in [-0.3, -0.25) is 0 Å². The summed E-state index contributed by atoms with van der Waals surface area (Å²) in [6.45, 7) is 2.88. The van der Waals surface area contributed by atoms with Crippen LogP contribution in [0.5, 0.6) is 0 Å². The number of likely N-dealkylation sites (tertiary alicyclic amines) is 1. The van der Waals surface area contributed by atoms with Crippen LogP contribution in [0.4, 0.5) is 4.79 Å². The van der Waals surface area contributed by atoms with Gasteiger partial charge in [-0.05, 0) is 19.1 Å². The molecule has 18 heavy (non-hydrogen) atoms. The Morgan fingerprint density at radius 1 is 1.56 bits per heavy atom. The first-order chi connectivity index (χ1) is 8.53. The molecule has 1 aromatic rings. The van der Waals surface area contributed by atoms with Gasteiger partial charge in [0.05, 0.1) is 11.5 Å². The predicted octanol–water partition coefficient (Wildman–Crippen LogP) is 0.608. The summed E-state index contributed by atoms with van der Waals surface area (Å²) in [7, 11) is -3.24. The van der Waals surface area contributed by atoms with E-state index in [9.17, 15) is 13.2 Å². The molecule has 0 radical (unpaired) electrons. The monoisotopic (exact) mass is 272 g/mol. The van der Waals surface area contributed by atoms with E-state index in [0.717, 1.165) is 0 Å². The number of nitrogens with zero attached hydrogens (tertiary/aromatic N) is 1. The first-order valence-electron chi connectivity index (χ1n) is 5.79. The van der Waals surface area contributed by atoms with E-state index in [0.29, 0.717) is 12.3 Å². The number of nitrogens with one attached hydrogen (secondary N) is 1. The van der Waals surface area contributed by atoms with Gasteiger partial charge in [0.15, 0.2) is 9.84 Å². The Morgan fingerprint density at radius 2 is 2.28 bits per heavy atom. The van der Waals surface area contributed by atoms with Crippen molar-refractivity contribution in [3.8, 4) is 0 Å². The van der Waals surface area contributed by atoms with Crippen molar-refractivity contribution in [3.05, 3.63) is 24.2 Å². The average molecular weight is 272 g/mol. The molecule has 2 heterocycles. The van der Waals surface area contributed by atoms with Crippen LogP contribution in [0.1, 0.15) is 12.7 Å². The standard InChI is InChI=1S/C11H16N2O4S/c1-2-12-11(14)13-6-10(7-13)18(15,16)8-9-4-3-5-17-9/h3-5,10H,2,6-8H2,1H3,(H,12,14). The van der Waals surface area contributed by atoms with E-state index in [1.807, 2.05) is 6.92 Å². The van der Waals surface area contributed by atoms with Crippen molar-refractivity contribution in [2.75, 3.05) is 19.6 Å². The molecule has 0 aromatic carbocycles. The van der Waals surface area contributed by atoms with Crippen LogP contribution in [0, 0.1) is 0 Å². The van der Waals surface area contributed by atoms with Crippen molar-refractivity contribution >= 4 is 15.9 Å². The zero-order valence-corrected chi connectivity index (χ0v) is 10.9. The molecule has 1 fully saturated rings. The van der Waals surface area contributed by atoms with Gasteiger partial charge < -0.3 is 14.6 Å². The Bertz CT molecular complexity index is 503. The van der Waals surface area contributed by atoms with Gasteiger partial charge in [0.2, 0.25) is 0 Å². The Hall–Kier alpha value is -1.50. The van der Waals surface area contributed by atoms with Gasteiger partial charge in [-0.25, -0.2) is 13.2 Å². The highest BCUT2D eigenvalue weighted by atomic mass is 32.2. The van der Waals surface area contributed by atoms with Gasteiger partial charge in [-0.2, -0.15) is 0 Å². The Balaban J connectivity index is 1.89. The molecular weight excluding hydrogens is 256 g/mol. The summed E-state index contributed by atoms with van der Waals surface area (Å²) >= 11 is 0. The molecule has 0 atom stereocenters. The third kappa shape index (κ3) is 2.66. The molecule has 7 heteroatoms. The van der Waals surface area contributed by atoms with Gasteiger partial charge >= 0.3 is 6.03 Å². The van der Waals surface area contributed by atoms with Gasteiger partial charge in [0.25, 0.3) is 0 Å². The van der Waals surface area contributed by atoms with Crippen LogP contribution in [0.2, 0.25) is 0 Å². The van der Waals surface area contributed by atoms with Crippen LogP contribution in [-0.2, 0) is 15.6 Å². The maximum atomic E-state index is 12.0. The lowest BCUT2D eigenvalue weighted by molar-refractivity contribution is 0.169. The molecule has 0 saturated carbocycles. The van der Waals surface area contributed by atoms with E-state index in [1.54, 1.807) is 12.1 Å². The van der Waals surface area contributed by atoms with Crippen LogP contribution in [0.3, 0.4) is 0 Å². The van der Waals surface area contributed by atoms with Crippen molar-refractivity contribution in [3.63, 3.8) is 0 Å².